The maximum absolute atomic E-state index is 12.9. The minimum Gasteiger partial charge on any atom is -0.491 e. The molecule has 1 aliphatic carbocycles. The second-order valence-corrected chi connectivity index (χ2v) is 6.94. The van der Waals surface area contributed by atoms with Gasteiger partial charge in [0, 0.05) is 12.3 Å². The van der Waals surface area contributed by atoms with E-state index in [1.54, 1.807) is 0 Å². The van der Waals surface area contributed by atoms with Gasteiger partial charge in [-0.2, -0.15) is 0 Å². The molecule has 1 fully saturated rings. The summed E-state index contributed by atoms with van der Waals surface area (Å²) in [6, 6.07) is 7.58. The van der Waals surface area contributed by atoms with Gasteiger partial charge in [0.1, 0.15) is 11.4 Å². The lowest BCUT2D eigenvalue weighted by Gasteiger charge is -2.38. The fraction of sp³-hybridized carbons (Fsp3) is 0.650. The molecule has 2 rings (SSSR count). The van der Waals surface area contributed by atoms with Gasteiger partial charge in [0.15, 0.2) is 0 Å². The summed E-state index contributed by atoms with van der Waals surface area (Å²) in [5.74, 6) is 1.32. The third kappa shape index (κ3) is 4.73. The quantitative estimate of drug-likeness (QED) is 0.780. The van der Waals surface area contributed by atoms with Crippen molar-refractivity contribution in [3.8, 4) is 5.75 Å². The van der Waals surface area contributed by atoms with Gasteiger partial charge in [-0.1, -0.05) is 20.3 Å². The topological polar surface area (TPSA) is 47.6 Å². The Hall–Kier alpha value is -1.55. The summed E-state index contributed by atoms with van der Waals surface area (Å²) >= 11 is 0. The van der Waals surface area contributed by atoms with Gasteiger partial charge in [0.25, 0.3) is 5.91 Å². The fourth-order valence-corrected chi connectivity index (χ4v) is 3.36. The first-order chi connectivity index (χ1) is 11.5. The zero-order valence-electron chi connectivity index (χ0n) is 15.4. The molecule has 134 valence electrons. The van der Waals surface area contributed by atoms with Crippen LogP contribution in [0.1, 0.15) is 59.8 Å². The summed E-state index contributed by atoms with van der Waals surface area (Å²) in [4.78, 5) is 12.9. The molecule has 0 aliphatic heterocycles. The number of rotatable bonds is 7. The molecule has 4 nitrogen and oxygen atoms in total. The number of carbonyl (C=O) groups is 1. The molecule has 0 heterocycles. The Morgan fingerprint density at radius 3 is 2.62 bits per heavy atom. The van der Waals surface area contributed by atoms with Gasteiger partial charge in [-0.25, -0.2) is 0 Å². The van der Waals surface area contributed by atoms with Crippen LogP contribution in [0.3, 0.4) is 0 Å². The number of hydrogen-bond acceptors (Lipinski definition) is 3. The van der Waals surface area contributed by atoms with Gasteiger partial charge in [0.05, 0.1) is 6.10 Å². The van der Waals surface area contributed by atoms with E-state index < -0.39 is 5.60 Å². The molecule has 1 aromatic carbocycles. The highest BCUT2D eigenvalue weighted by molar-refractivity contribution is 5.97. The molecule has 0 radical (unpaired) electrons. The molecule has 0 bridgehead atoms. The monoisotopic (exact) mass is 333 g/mol. The van der Waals surface area contributed by atoms with Gasteiger partial charge >= 0.3 is 0 Å². The molecule has 0 spiro atoms. The zero-order valence-corrected chi connectivity index (χ0v) is 15.4. The van der Waals surface area contributed by atoms with Crippen LogP contribution in [0.2, 0.25) is 0 Å². The van der Waals surface area contributed by atoms with Gasteiger partial charge in [-0.15, -0.1) is 0 Å². The van der Waals surface area contributed by atoms with E-state index in [4.69, 9.17) is 9.47 Å². The third-order valence-electron chi connectivity index (χ3n) is 4.81. The van der Waals surface area contributed by atoms with Crippen molar-refractivity contribution in [2.45, 2.75) is 71.5 Å². The van der Waals surface area contributed by atoms with E-state index in [0.717, 1.165) is 37.1 Å². The predicted octanol–water partition coefficient (Wildman–Crippen LogP) is 4.79. The summed E-state index contributed by atoms with van der Waals surface area (Å²) in [6.07, 6.45) is 4.96. The average molecular weight is 333 g/mol. The van der Waals surface area contributed by atoms with E-state index >= 15 is 0 Å². The number of benzene rings is 1. The van der Waals surface area contributed by atoms with Gasteiger partial charge in [-0.05, 0) is 69.7 Å². The Morgan fingerprint density at radius 2 is 2.04 bits per heavy atom. The largest absolute Gasteiger partial charge is 0.491 e. The maximum Gasteiger partial charge on any atom is 0.256 e. The van der Waals surface area contributed by atoms with E-state index in [0.29, 0.717) is 12.5 Å². The lowest BCUT2D eigenvalue weighted by molar-refractivity contribution is -0.147. The first kappa shape index (κ1) is 18.8. The maximum atomic E-state index is 12.9. The predicted molar refractivity (Wildman–Crippen MR) is 97.4 cm³/mol. The molecule has 0 aromatic heterocycles. The van der Waals surface area contributed by atoms with Crippen molar-refractivity contribution < 1.29 is 14.3 Å². The van der Waals surface area contributed by atoms with Crippen molar-refractivity contribution in [3.63, 3.8) is 0 Å². The standard InChI is InChI=1S/C20H31NO3/c1-5-16(4)24-18-11-9-17(10-12-18)21-19(22)20(23-6-2)13-7-8-15(3)14-20/h9-12,15-16H,5-8,13-14H2,1-4H3,(H,21,22)/t15-,16-,20+/m0/s1. The van der Waals surface area contributed by atoms with Crippen molar-refractivity contribution >= 4 is 11.6 Å². The van der Waals surface area contributed by atoms with Crippen LogP contribution in [0.15, 0.2) is 24.3 Å². The first-order valence-corrected chi connectivity index (χ1v) is 9.21. The molecule has 1 aromatic rings. The van der Waals surface area contributed by atoms with Crippen LogP contribution in [-0.2, 0) is 9.53 Å². The molecular weight excluding hydrogens is 302 g/mol. The van der Waals surface area contributed by atoms with Crippen LogP contribution in [0, 0.1) is 5.92 Å². The number of carbonyl (C=O) groups excluding carboxylic acids is 1. The molecule has 0 saturated heterocycles. The van der Waals surface area contributed by atoms with Gasteiger partial charge < -0.3 is 14.8 Å². The van der Waals surface area contributed by atoms with Gasteiger partial charge in [0.2, 0.25) is 0 Å². The summed E-state index contributed by atoms with van der Waals surface area (Å²) in [7, 11) is 0. The smallest absolute Gasteiger partial charge is 0.256 e. The normalized spacial score (nSPS) is 25.1. The van der Waals surface area contributed by atoms with Crippen LogP contribution in [0.25, 0.3) is 0 Å². The van der Waals surface area contributed by atoms with Crippen LogP contribution in [0.4, 0.5) is 5.69 Å². The Bertz CT molecular complexity index is 524. The Balaban J connectivity index is 2.04. The highest BCUT2D eigenvalue weighted by atomic mass is 16.5. The van der Waals surface area contributed by atoms with Crippen LogP contribution in [0.5, 0.6) is 5.75 Å². The van der Waals surface area contributed by atoms with E-state index in [9.17, 15) is 4.79 Å². The molecule has 1 saturated carbocycles. The molecule has 3 atom stereocenters. The number of nitrogens with one attached hydrogen (secondary N) is 1. The van der Waals surface area contributed by atoms with E-state index in [-0.39, 0.29) is 12.0 Å². The van der Waals surface area contributed by atoms with Crippen LogP contribution >= 0.6 is 0 Å². The average Bonchev–Trinajstić information content (AvgIpc) is 2.56. The first-order valence-electron chi connectivity index (χ1n) is 9.21. The number of ether oxygens (including phenoxy) is 2. The Labute approximate surface area is 145 Å². The van der Waals surface area contributed by atoms with Crippen LogP contribution in [-0.4, -0.2) is 24.2 Å². The lowest BCUT2D eigenvalue weighted by atomic mass is 9.78. The number of anilines is 1. The highest BCUT2D eigenvalue weighted by Gasteiger charge is 2.42. The van der Waals surface area contributed by atoms with Crippen molar-refractivity contribution in [1.82, 2.24) is 0 Å². The molecule has 1 N–H and O–H groups in total. The number of amides is 1. The Morgan fingerprint density at radius 1 is 1.33 bits per heavy atom. The third-order valence-corrected chi connectivity index (χ3v) is 4.81. The second kappa shape index (κ2) is 8.52. The summed E-state index contributed by atoms with van der Waals surface area (Å²) in [6.45, 7) is 8.85. The Kier molecular flexibility index (Phi) is 6.67. The minimum absolute atomic E-state index is 0.0218. The summed E-state index contributed by atoms with van der Waals surface area (Å²) in [5, 5.41) is 3.03. The van der Waals surface area contributed by atoms with Gasteiger partial charge in [-0.3, -0.25) is 4.79 Å². The molecule has 1 aliphatic rings. The summed E-state index contributed by atoms with van der Waals surface area (Å²) < 4.78 is 11.7. The minimum atomic E-state index is -0.682. The van der Waals surface area contributed by atoms with Crippen LogP contribution < -0.4 is 10.1 Å². The SMILES string of the molecule is CCO[C@]1(C(=O)Nc2ccc(O[C@@H](C)CC)cc2)CCC[C@H](C)C1. The van der Waals surface area contributed by atoms with E-state index in [1.807, 2.05) is 38.1 Å². The van der Waals surface area contributed by atoms with Crippen molar-refractivity contribution in [2.24, 2.45) is 5.92 Å². The molecular formula is C20H31NO3. The zero-order chi connectivity index (χ0) is 17.6. The fourth-order valence-electron chi connectivity index (χ4n) is 3.36. The molecule has 24 heavy (non-hydrogen) atoms. The molecule has 1 amide bonds. The molecule has 0 unspecified atom stereocenters. The van der Waals surface area contributed by atoms with Crippen molar-refractivity contribution in [3.05, 3.63) is 24.3 Å². The van der Waals surface area contributed by atoms with Crippen molar-refractivity contribution in [1.29, 1.82) is 0 Å². The number of hydrogen-bond donors (Lipinski definition) is 1. The highest BCUT2D eigenvalue weighted by Crippen LogP contribution is 2.36. The van der Waals surface area contributed by atoms with E-state index in [2.05, 4.69) is 19.2 Å². The molecule has 4 heteroatoms. The van der Waals surface area contributed by atoms with E-state index in [1.165, 1.54) is 6.42 Å². The van der Waals surface area contributed by atoms with Crippen molar-refractivity contribution in [2.75, 3.05) is 11.9 Å². The summed E-state index contributed by atoms with van der Waals surface area (Å²) in [5.41, 5.74) is 0.104. The second-order valence-electron chi connectivity index (χ2n) is 6.94. The lowest BCUT2D eigenvalue weighted by Crippen LogP contribution is -2.48.